The summed E-state index contributed by atoms with van der Waals surface area (Å²) in [5, 5.41) is 10.2. The third kappa shape index (κ3) is 4.73. The van der Waals surface area contributed by atoms with Gasteiger partial charge in [-0.15, -0.1) is 0 Å². The van der Waals surface area contributed by atoms with Crippen LogP contribution in [0, 0.1) is 57.2 Å². The Balaban J connectivity index is 1.40. The molecule has 0 aromatic carbocycles. The maximum absolute atomic E-state index is 14.8. The number of ether oxygens (including phenoxy) is 2. The zero-order valence-corrected chi connectivity index (χ0v) is 29.8. The average molecular weight is 669 g/mol. The molecule has 5 aliphatic rings. The second kappa shape index (κ2) is 11.2. The average Bonchev–Trinajstić information content (AvgIpc) is 3.35. The van der Waals surface area contributed by atoms with Crippen molar-refractivity contribution in [3.05, 3.63) is 33.8 Å². The first kappa shape index (κ1) is 34.7. The van der Waals surface area contributed by atoms with E-state index < -0.39 is 51.5 Å². The fourth-order valence-electron chi connectivity index (χ4n) is 11.5. The van der Waals surface area contributed by atoms with Gasteiger partial charge in [-0.1, -0.05) is 40.2 Å². The van der Waals surface area contributed by atoms with Crippen LogP contribution in [-0.2, 0) is 35.3 Å². The number of hydrogen-bond donors (Lipinski definition) is 1. The van der Waals surface area contributed by atoms with Crippen LogP contribution in [0.5, 0.6) is 0 Å². The number of ketones is 1. The van der Waals surface area contributed by atoms with Crippen LogP contribution >= 0.6 is 0 Å². The van der Waals surface area contributed by atoms with Gasteiger partial charge in [-0.25, -0.2) is 4.79 Å². The molecule has 6 rings (SSSR count). The first-order valence-electron chi connectivity index (χ1n) is 17.7. The minimum Gasteiger partial charge on any atom is -0.481 e. The molecule has 0 radical (unpaired) electrons. The van der Waals surface area contributed by atoms with E-state index >= 15 is 0 Å². The highest BCUT2D eigenvalue weighted by molar-refractivity contribution is 5.96. The van der Waals surface area contributed by atoms with Crippen molar-refractivity contribution in [2.75, 3.05) is 0 Å². The van der Waals surface area contributed by atoms with Crippen molar-refractivity contribution in [2.45, 2.75) is 132 Å². The van der Waals surface area contributed by atoms with Crippen molar-refractivity contribution in [3.8, 4) is 0 Å². The van der Waals surface area contributed by atoms with Gasteiger partial charge in [-0.2, -0.15) is 0 Å². The van der Waals surface area contributed by atoms with Crippen LogP contribution in [0.2, 0.25) is 0 Å². The molecule has 10 atom stereocenters. The highest BCUT2D eigenvalue weighted by Gasteiger charge is 2.72. The van der Waals surface area contributed by atoms with Crippen LogP contribution in [0.25, 0.3) is 0 Å². The molecular formula is C38H52O10. The van der Waals surface area contributed by atoms with Crippen LogP contribution < -0.4 is 5.82 Å². The molecule has 1 heterocycles. The highest BCUT2D eigenvalue weighted by atomic mass is 16.6. The lowest BCUT2D eigenvalue weighted by atomic mass is 9.33. The van der Waals surface area contributed by atoms with Gasteiger partial charge in [0, 0.05) is 12.3 Å². The second-order valence-corrected chi connectivity index (χ2v) is 17.2. The van der Waals surface area contributed by atoms with Crippen molar-refractivity contribution < 1.29 is 42.6 Å². The van der Waals surface area contributed by atoms with Gasteiger partial charge in [0.05, 0.1) is 5.41 Å². The zero-order chi connectivity index (χ0) is 35.2. The highest BCUT2D eigenvalue weighted by Crippen LogP contribution is 2.75. The Labute approximate surface area is 282 Å². The monoisotopic (exact) mass is 668 g/mol. The Morgan fingerprint density at radius 2 is 1.62 bits per heavy atom. The van der Waals surface area contributed by atoms with E-state index in [9.17, 15) is 29.1 Å². The number of carbonyl (C=O) groups excluding carboxylic acids is 3. The maximum atomic E-state index is 14.8. The summed E-state index contributed by atoms with van der Waals surface area (Å²) in [4.78, 5) is 65.8. The fraction of sp³-hybridized carbons (Fsp3) is 0.763. The van der Waals surface area contributed by atoms with Crippen LogP contribution in [0.3, 0.4) is 0 Å². The molecule has 0 saturated heterocycles. The number of allylic oxidation sites excluding steroid dienone is 2. The van der Waals surface area contributed by atoms with E-state index in [0.717, 1.165) is 24.8 Å². The number of rotatable bonds is 6. The van der Waals surface area contributed by atoms with E-state index in [1.807, 2.05) is 19.9 Å². The molecule has 0 amide bonds. The SMILES string of the molecule is CCC(=O)O[C@H]1CC[C@@]2(C)C(CC[C@]3(C)[C@@H]2C(=O)C=C2[C@@H]4C[C@@](C)(C(=O)O)CC[C@]4(C)CC[C@]23C)[C@]1(C)C(=O)OCc1oc(=O)oc1C. The van der Waals surface area contributed by atoms with Crippen LogP contribution in [0.4, 0.5) is 0 Å². The van der Waals surface area contributed by atoms with E-state index in [2.05, 4.69) is 27.7 Å². The molecule has 1 unspecified atom stereocenters. The number of aryl methyl sites for hydroxylation is 1. The fourth-order valence-corrected chi connectivity index (χ4v) is 11.5. The molecular weight excluding hydrogens is 616 g/mol. The lowest BCUT2D eigenvalue weighted by Gasteiger charge is -2.70. The molecule has 264 valence electrons. The minimum atomic E-state index is -1.26. The summed E-state index contributed by atoms with van der Waals surface area (Å²) in [5.41, 5.74) is -2.38. The van der Waals surface area contributed by atoms with Gasteiger partial charge >= 0.3 is 23.7 Å². The third-order valence-corrected chi connectivity index (χ3v) is 14.9. The number of hydrogen-bond acceptors (Lipinski definition) is 9. The Morgan fingerprint density at radius 1 is 0.938 bits per heavy atom. The Bertz CT molecular complexity index is 1630. The molecule has 0 spiro atoms. The number of carbonyl (C=O) groups is 4. The largest absolute Gasteiger partial charge is 0.519 e. The molecule has 4 saturated carbocycles. The van der Waals surface area contributed by atoms with E-state index in [4.69, 9.17) is 18.3 Å². The summed E-state index contributed by atoms with van der Waals surface area (Å²) >= 11 is 0. The molecule has 10 nitrogen and oxygen atoms in total. The minimum absolute atomic E-state index is 0.00854. The summed E-state index contributed by atoms with van der Waals surface area (Å²) in [6, 6.07) is 0. The lowest BCUT2D eigenvalue weighted by Crippen LogP contribution is -2.68. The summed E-state index contributed by atoms with van der Waals surface area (Å²) in [6.45, 7) is 15.6. The number of fused-ring (bicyclic) bond motifs is 7. The van der Waals surface area contributed by atoms with Crippen molar-refractivity contribution in [2.24, 2.45) is 50.2 Å². The van der Waals surface area contributed by atoms with Crippen molar-refractivity contribution in [3.63, 3.8) is 0 Å². The number of carboxylic acid groups (broad SMARTS) is 1. The number of aliphatic carboxylic acids is 1. The standard InChI is InChI=1S/C38H52O10/c1-9-28(40)48-27-11-12-35(5)26(38(27,8)31(43)45-20-25-21(2)46-32(44)47-25)10-13-37(7)29(35)24(39)18-22-23-19-34(4,30(41)42)15-14-33(23,3)16-17-36(22,37)6/h18,23,26-27,29H,9-17,19-20H2,1-8H3,(H,41,42)/t23-,26?,27-,29+,33+,34-,35-,36+,37+,38-/m0/s1. The predicted molar refractivity (Wildman–Crippen MR) is 173 cm³/mol. The van der Waals surface area contributed by atoms with E-state index in [-0.39, 0.29) is 58.9 Å². The Kier molecular flexibility index (Phi) is 8.07. The molecule has 10 heteroatoms. The quantitative estimate of drug-likeness (QED) is 0.315. The van der Waals surface area contributed by atoms with Gasteiger partial charge in [0.15, 0.2) is 23.9 Å². The van der Waals surface area contributed by atoms with Gasteiger partial charge in [-0.3, -0.25) is 19.2 Å². The van der Waals surface area contributed by atoms with Gasteiger partial charge in [-0.05, 0) is 118 Å². The lowest BCUT2D eigenvalue weighted by molar-refractivity contribution is -0.224. The van der Waals surface area contributed by atoms with Gasteiger partial charge in [0.1, 0.15) is 11.5 Å². The Hall–Kier alpha value is -3.17. The van der Waals surface area contributed by atoms with Crippen LogP contribution in [-0.4, -0.2) is 34.9 Å². The molecule has 1 aromatic heterocycles. The maximum Gasteiger partial charge on any atom is 0.519 e. The normalized spacial score (nSPS) is 43.5. The van der Waals surface area contributed by atoms with Crippen LogP contribution in [0.1, 0.15) is 124 Å². The third-order valence-electron chi connectivity index (χ3n) is 14.9. The van der Waals surface area contributed by atoms with Crippen LogP contribution in [0.15, 0.2) is 25.3 Å². The topological polar surface area (TPSA) is 150 Å². The molecule has 1 N–H and O–H groups in total. The molecule has 4 fully saturated rings. The van der Waals surface area contributed by atoms with Crippen molar-refractivity contribution in [1.29, 1.82) is 0 Å². The molecule has 0 bridgehead atoms. The van der Waals surface area contributed by atoms with Crippen molar-refractivity contribution >= 4 is 23.7 Å². The first-order chi connectivity index (χ1) is 22.3. The summed E-state index contributed by atoms with van der Waals surface area (Å²) < 4.78 is 21.8. The van der Waals surface area contributed by atoms with Gasteiger partial charge in [0.2, 0.25) is 0 Å². The molecule has 5 aliphatic carbocycles. The summed E-state index contributed by atoms with van der Waals surface area (Å²) in [6.07, 6.45) is 7.48. The van der Waals surface area contributed by atoms with E-state index in [1.165, 1.54) is 0 Å². The summed E-state index contributed by atoms with van der Waals surface area (Å²) in [7, 11) is 0. The van der Waals surface area contributed by atoms with E-state index in [1.54, 1.807) is 13.8 Å². The van der Waals surface area contributed by atoms with Gasteiger partial charge < -0.3 is 23.4 Å². The van der Waals surface area contributed by atoms with E-state index in [0.29, 0.717) is 38.5 Å². The zero-order valence-electron chi connectivity index (χ0n) is 29.8. The van der Waals surface area contributed by atoms with Crippen molar-refractivity contribution in [1.82, 2.24) is 0 Å². The second-order valence-electron chi connectivity index (χ2n) is 17.2. The predicted octanol–water partition coefficient (Wildman–Crippen LogP) is 6.95. The molecule has 48 heavy (non-hydrogen) atoms. The number of carboxylic acids is 1. The van der Waals surface area contributed by atoms with Gasteiger partial charge in [0.25, 0.3) is 0 Å². The number of esters is 2. The first-order valence-corrected chi connectivity index (χ1v) is 17.7. The smallest absolute Gasteiger partial charge is 0.481 e. The Morgan fingerprint density at radius 3 is 2.25 bits per heavy atom. The summed E-state index contributed by atoms with van der Waals surface area (Å²) in [5.74, 6) is -2.93. The molecule has 1 aromatic rings. The molecule has 0 aliphatic heterocycles.